The van der Waals surface area contributed by atoms with E-state index in [2.05, 4.69) is 4.98 Å². The number of carbonyl (C=O) groups is 1. The van der Waals surface area contributed by atoms with Crippen molar-refractivity contribution in [2.45, 2.75) is 32.3 Å². The Hall–Kier alpha value is -3.78. The zero-order valence-electron chi connectivity index (χ0n) is 22.9. The summed E-state index contributed by atoms with van der Waals surface area (Å²) in [6.45, 7) is 0.570. The van der Waals surface area contributed by atoms with Gasteiger partial charge in [0.15, 0.2) is 5.82 Å². The average Bonchev–Trinajstić information content (AvgIpc) is 2.98. The van der Waals surface area contributed by atoms with E-state index in [9.17, 15) is 14.3 Å². The van der Waals surface area contributed by atoms with Crippen molar-refractivity contribution in [2.75, 3.05) is 6.61 Å². The monoisotopic (exact) mass is 558 g/mol. The van der Waals surface area contributed by atoms with Crippen LogP contribution in [0.2, 0.25) is 0 Å². The maximum Gasteiger partial charge on any atom is 1.00 e. The van der Waals surface area contributed by atoms with Crippen molar-refractivity contribution in [3.05, 3.63) is 108 Å². The Morgan fingerprint density at radius 3 is 2.32 bits per heavy atom. The minimum absolute atomic E-state index is 0. The summed E-state index contributed by atoms with van der Waals surface area (Å²) in [4.78, 5) is 20.0. The molecule has 0 saturated heterocycles. The van der Waals surface area contributed by atoms with Gasteiger partial charge in [0.05, 0.1) is 12.3 Å². The summed E-state index contributed by atoms with van der Waals surface area (Å²) in [5, 5.41) is 12.5. The zero-order chi connectivity index (χ0) is 27.7. The number of hydrogen-bond donors (Lipinski definition) is 0. The molecule has 0 fully saturated rings. The Labute approximate surface area is 260 Å². The molecule has 8 heteroatoms. The fourth-order valence-corrected chi connectivity index (χ4v) is 4.34. The minimum atomic E-state index is -1.02. The molecule has 6 nitrogen and oxygen atoms in total. The Bertz CT molecular complexity index is 1610. The van der Waals surface area contributed by atoms with E-state index in [1.807, 2.05) is 66.7 Å². The van der Waals surface area contributed by atoms with Crippen molar-refractivity contribution in [1.82, 2.24) is 9.97 Å². The molecular formula is C33H28FN2NaO4. The zero-order valence-corrected chi connectivity index (χ0v) is 24.9. The first kappa shape index (κ1) is 30.2. The van der Waals surface area contributed by atoms with Crippen LogP contribution >= 0.6 is 0 Å². The van der Waals surface area contributed by atoms with Crippen molar-refractivity contribution in [3.8, 4) is 34.3 Å². The molecule has 1 heterocycles. The van der Waals surface area contributed by atoms with Crippen LogP contribution in [0, 0.1) is 5.82 Å². The number of carbonyl (C=O) groups excluding carboxylic acids is 1. The molecular weight excluding hydrogens is 530 g/mol. The van der Waals surface area contributed by atoms with E-state index in [4.69, 9.17) is 14.5 Å². The van der Waals surface area contributed by atoms with Crippen LogP contribution in [-0.2, 0) is 11.4 Å². The van der Waals surface area contributed by atoms with E-state index in [0.717, 1.165) is 40.5 Å². The Morgan fingerprint density at radius 1 is 0.756 bits per heavy atom. The van der Waals surface area contributed by atoms with Crippen molar-refractivity contribution >= 4 is 16.7 Å². The largest absolute Gasteiger partial charge is 1.00 e. The third-order valence-electron chi connectivity index (χ3n) is 6.47. The summed E-state index contributed by atoms with van der Waals surface area (Å²) in [6.07, 6.45) is 2.23. The number of rotatable bonds is 12. The molecule has 0 saturated carbocycles. The summed E-state index contributed by atoms with van der Waals surface area (Å²) < 4.78 is 26.0. The van der Waals surface area contributed by atoms with Crippen LogP contribution in [0.25, 0.3) is 33.4 Å². The molecule has 202 valence electrons. The van der Waals surface area contributed by atoms with Crippen LogP contribution in [0.5, 0.6) is 11.6 Å². The van der Waals surface area contributed by atoms with Gasteiger partial charge in [-0.15, -0.1) is 0 Å². The predicted molar refractivity (Wildman–Crippen MR) is 150 cm³/mol. The van der Waals surface area contributed by atoms with Gasteiger partial charge in [0.2, 0.25) is 5.88 Å². The third-order valence-corrected chi connectivity index (χ3v) is 6.47. The minimum Gasteiger partial charge on any atom is -0.550 e. The van der Waals surface area contributed by atoms with Gasteiger partial charge in [-0.2, -0.15) is 4.98 Å². The molecule has 0 aliphatic rings. The summed E-state index contributed by atoms with van der Waals surface area (Å²) in [6, 6.07) is 29.9. The molecule has 0 amide bonds. The van der Waals surface area contributed by atoms with Crippen LogP contribution in [0.15, 0.2) is 97.1 Å². The second kappa shape index (κ2) is 14.7. The molecule has 41 heavy (non-hydrogen) atoms. The molecule has 4 aromatic carbocycles. The van der Waals surface area contributed by atoms with Gasteiger partial charge in [-0.1, -0.05) is 66.7 Å². The fraction of sp³-hybridized carbons (Fsp3) is 0.182. The molecule has 0 unspecified atom stereocenters. The summed E-state index contributed by atoms with van der Waals surface area (Å²) in [7, 11) is 0. The van der Waals surface area contributed by atoms with E-state index in [-0.39, 0.29) is 48.4 Å². The maximum absolute atomic E-state index is 14.2. The van der Waals surface area contributed by atoms with Crippen LogP contribution in [-0.4, -0.2) is 22.5 Å². The Morgan fingerprint density at radius 2 is 1.51 bits per heavy atom. The van der Waals surface area contributed by atoms with E-state index in [0.29, 0.717) is 36.0 Å². The smallest absolute Gasteiger partial charge is 0.550 e. The summed E-state index contributed by atoms with van der Waals surface area (Å²) in [5.74, 6) is 0.276. The van der Waals surface area contributed by atoms with Crippen LogP contribution < -0.4 is 44.1 Å². The van der Waals surface area contributed by atoms with Gasteiger partial charge in [-0.3, -0.25) is 0 Å². The number of ether oxygens (including phenoxy) is 2. The molecule has 0 radical (unpaired) electrons. The van der Waals surface area contributed by atoms with Gasteiger partial charge >= 0.3 is 29.6 Å². The van der Waals surface area contributed by atoms with Gasteiger partial charge in [0.1, 0.15) is 18.2 Å². The maximum atomic E-state index is 14.2. The van der Waals surface area contributed by atoms with Gasteiger partial charge in [-0.25, -0.2) is 9.37 Å². The quantitative estimate of drug-likeness (QED) is 0.173. The van der Waals surface area contributed by atoms with Crippen LogP contribution in [0.3, 0.4) is 0 Å². The number of nitrogens with zero attached hydrogens (tertiary/aromatic N) is 2. The normalized spacial score (nSPS) is 10.7. The first-order valence-corrected chi connectivity index (χ1v) is 13.2. The van der Waals surface area contributed by atoms with E-state index < -0.39 is 5.97 Å². The van der Waals surface area contributed by atoms with Gasteiger partial charge in [-0.05, 0) is 60.7 Å². The second-order valence-corrected chi connectivity index (χ2v) is 9.42. The van der Waals surface area contributed by atoms with Crippen LogP contribution in [0.4, 0.5) is 4.39 Å². The predicted octanol–water partition coefficient (Wildman–Crippen LogP) is 3.38. The van der Waals surface area contributed by atoms with E-state index >= 15 is 0 Å². The molecule has 0 spiro atoms. The molecule has 5 rings (SSSR count). The number of fused-ring (bicyclic) bond motifs is 1. The number of unbranched alkanes of at least 4 members (excludes halogenated alkanes) is 2. The molecule has 0 bridgehead atoms. The topological polar surface area (TPSA) is 84.4 Å². The second-order valence-electron chi connectivity index (χ2n) is 9.42. The first-order valence-electron chi connectivity index (χ1n) is 13.2. The van der Waals surface area contributed by atoms with E-state index in [1.54, 1.807) is 24.3 Å². The summed E-state index contributed by atoms with van der Waals surface area (Å²) >= 11 is 0. The van der Waals surface area contributed by atoms with Gasteiger partial charge < -0.3 is 19.4 Å². The van der Waals surface area contributed by atoms with Crippen molar-refractivity contribution < 1.29 is 53.3 Å². The Kier molecular flexibility index (Phi) is 10.8. The number of halogens is 1. The number of carboxylic acid groups (broad SMARTS) is 1. The van der Waals surface area contributed by atoms with Crippen molar-refractivity contribution in [1.29, 1.82) is 0 Å². The number of aliphatic carboxylic acids is 1. The molecule has 0 aliphatic heterocycles. The molecule has 0 atom stereocenters. The fourth-order valence-electron chi connectivity index (χ4n) is 4.34. The van der Waals surface area contributed by atoms with Crippen LogP contribution in [0.1, 0.15) is 31.2 Å². The molecule has 0 N–H and O–H groups in total. The van der Waals surface area contributed by atoms with Gasteiger partial charge in [0, 0.05) is 28.7 Å². The number of aromatic nitrogens is 2. The molecule has 5 aromatic rings. The van der Waals surface area contributed by atoms with Gasteiger partial charge in [0.25, 0.3) is 0 Å². The van der Waals surface area contributed by atoms with Crippen molar-refractivity contribution in [3.63, 3.8) is 0 Å². The molecule has 1 aromatic heterocycles. The van der Waals surface area contributed by atoms with E-state index in [1.165, 1.54) is 6.07 Å². The standard InChI is InChI=1S/C33H29FN2O4.Na/c34-29-12-7-6-11-27(29)22-40-31-21-30(23-9-3-1-4-10-23)35-33(36-31)26-15-14-25-20-28(17-16-24(25)19-26)39-18-8-2-5-13-32(37)38;/h1,3-4,6-7,9-12,14-17,19-21H,2,5,8,13,18,22H2,(H,37,38);/q;+1/p-1. The number of carboxylic acids is 1. The third kappa shape index (κ3) is 8.36. The Balaban J connectivity index is 0.00000387. The summed E-state index contributed by atoms with van der Waals surface area (Å²) in [5.41, 5.74) is 2.90. The number of benzene rings is 4. The van der Waals surface area contributed by atoms with Crippen molar-refractivity contribution in [2.24, 2.45) is 0 Å². The molecule has 0 aliphatic carbocycles. The average molecular weight is 559 g/mol. The first-order chi connectivity index (χ1) is 19.5. The SMILES string of the molecule is O=C([O-])CCCCCOc1ccc2cc(-c3nc(OCc4ccccc4F)cc(-c4ccccc4)n3)ccc2c1.[Na+]. The number of hydrogen-bond acceptors (Lipinski definition) is 6.